The molecule has 8 heteroatoms. The first kappa shape index (κ1) is 19.7. The molecule has 0 saturated carbocycles. The number of urea groups is 1. The maximum atomic E-state index is 12.7. The predicted molar refractivity (Wildman–Crippen MR) is 118 cm³/mol. The molecule has 0 fully saturated rings. The van der Waals surface area contributed by atoms with Crippen molar-refractivity contribution in [3.8, 4) is 11.4 Å². The van der Waals surface area contributed by atoms with Gasteiger partial charge in [0.15, 0.2) is 0 Å². The van der Waals surface area contributed by atoms with Crippen LogP contribution in [0.25, 0.3) is 15.9 Å². The van der Waals surface area contributed by atoms with E-state index in [1.165, 1.54) is 16.2 Å². The summed E-state index contributed by atoms with van der Waals surface area (Å²) < 4.78 is 7.38. The molecule has 152 valence electrons. The first-order chi connectivity index (χ1) is 14.3. The zero-order chi connectivity index (χ0) is 21.4. The number of hydrogen-bond acceptors (Lipinski definition) is 5. The minimum Gasteiger partial charge on any atom is -0.422 e. The van der Waals surface area contributed by atoms with Gasteiger partial charge >= 0.3 is 12.0 Å². The summed E-state index contributed by atoms with van der Waals surface area (Å²) in [4.78, 5) is 26.6. The van der Waals surface area contributed by atoms with Gasteiger partial charge in [0.2, 0.25) is 0 Å². The van der Waals surface area contributed by atoms with Gasteiger partial charge in [-0.15, -0.1) is 11.3 Å². The van der Waals surface area contributed by atoms with E-state index in [2.05, 4.69) is 5.10 Å². The Kier molecular flexibility index (Phi) is 5.01. The van der Waals surface area contributed by atoms with Crippen LogP contribution in [0, 0.1) is 13.8 Å². The molecule has 2 amide bonds. The zero-order valence-corrected chi connectivity index (χ0v) is 17.6. The Labute approximate surface area is 177 Å². The predicted octanol–water partition coefficient (Wildman–Crippen LogP) is 4.44. The molecular formula is C22H20N4O3S. The van der Waals surface area contributed by atoms with Crippen LogP contribution >= 0.6 is 11.3 Å². The van der Waals surface area contributed by atoms with Crippen molar-refractivity contribution in [1.29, 1.82) is 0 Å². The molecule has 2 N–H and O–H groups in total. The van der Waals surface area contributed by atoms with Crippen molar-refractivity contribution in [2.45, 2.75) is 13.8 Å². The van der Waals surface area contributed by atoms with Gasteiger partial charge in [-0.1, -0.05) is 18.2 Å². The Morgan fingerprint density at radius 2 is 1.80 bits per heavy atom. The van der Waals surface area contributed by atoms with Crippen LogP contribution < -0.4 is 15.4 Å². The maximum absolute atomic E-state index is 12.7. The lowest BCUT2D eigenvalue weighted by Crippen LogP contribution is -2.31. The number of aryl methyl sites for hydroxylation is 2. The number of nitrogens with two attached hydrogens (primary N) is 1. The SMILES string of the molecule is Cc1ccccc1-n1nc(C)c2cc(C(=O)Oc3ccc(N(C)C(N)=O)cc3)sc21. The lowest BCUT2D eigenvalue weighted by molar-refractivity contribution is 0.0740. The number of anilines is 1. The molecule has 0 aliphatic rings. The number of carbonyl (C=O) groups is 2. The minimum absolute atomic E-state index is 0.385. The number of para-hydroxylation sites is 1. The van der Waals surface area contributed by atoms with Crippen molar-refractivity contribution >= 4 is 39.2 Å². The summed E-state index contributed by atoms with van der Waals surface area (Å²) in [5.41, 5.74) is 8.80. The first-order valence-electron chi connectivity index (χ1n) is 9.25. The number of benzene rings is 2. The summed E-state index contributed by atoms with van der Waals surface area (Å²) in [7, 11) is 1.57. The Morgan fingerprint density at radius 1 is 1.10 bits per heavy atom. The van der Waals surface area contributed by atoms with Crippen LogP contribution in [0.1, 0.15) is 20.9 Å². The number of amides is 2. The molecule has 0 spiro atoms. The molecule has 0 saturated heterocycles. The highest BCUT2D eigenvalue weighted by Gasteiger charge is 2.19. The molecule has 0 atom stereocenters. The van der Waals surface area contributed by atoms with E-state index in [4.69, 9.17) is 10.5 Å². The Hall–Kier alpha value is -3.65. The molecule has 30 heavy (non-hydrogen) atoms. The van der Waals surface area contributed by atoms with Gasteiger partial charge in [-0.3, -0.25) is 4.90 Å². The third-order valence-corrected chi connectivity index (χ3v) is 5.95. The molecule has 0 unspecified atom stereocenters. The number of primary amides is 1. The van der Waals surface area contributed by atoms with Crippen LogP contribution in [0.3, 0.4) is 0 Å². The number of thiophene rings is 1. The fourth-order valence-corrected chi connectivity index (χ4v) is 4.19. The smallest absolute Gasteiger partial charge is 0.353 e. The number of rotatable bonds is 4. The third-order valence-electron chi connectivity index (χ3n) is 4.85. The van der Waals surface area contributed by atoms with E-state index < -0.39 is 12.0 Å². The van der Waals surface area contributed by atoms with Crippen LogP contribution in [0.5, 0.6) is 5.75 Å². The summed E-state index contributed by atoms with van der Waals surface area (Å²) in [5.74, 6) is -0.0562. The zero-order valence-electron chi connectivity index (χ0n) is 16.7. The van der Waals surface area contributed by atoms with Crippen LogP contribution in [-0.4, -0.2) is 28.8 Å². The van der Waals surface area contributed by atoms with Crippen LogP contribution in [-0.2, 0) is 0 Å². The van der Waals surface area contributed by atoms with Gasteiger partial charge in [-0.2, -0.15) is 5.10 Å². The normalized spacial score (nSPS) is 10.9. The second-order valence-corrected chi connectivity index (χ2v) is 7.92. The summed E-state index contributed by atoms with van der Waals surface area (Å²) in [6, 6.07) is 15.8. The number of ether oxygens (including phenoxy) is 1. The standard InChI is InChI=1S/C22H20N4O3S/c1-13-6-4-5-7-18(13)26-20-17(14(2)24-26)12-19(30-20)21(27)29-16-10-8-15(9-11-16)25(3)22(23)28/h4-12H,1-3H3,(H2,23,28). The number of esters is 1. The molecule has 4 aromatic rings. The van der Waals surface area contributed by atoms with E-state index in [1.54, 1.807) is 31.3 Å². The monoisotopic (exact) mass is 420 g/mol. The number of carbonyl (C=O) groups excluding carboxylic acids is 2. The molecule has 0 aliphatic heterocycles. The quantitative estimate of drug-likeness (QED) is 0.390. The molecule has 0 aliphatic carbocycles. The second kappa shape index (κ2) is 7.64. The van der Waals surface area contributed by atoms with Crippen molar-refractivity contribution in [2.24, 2.45) is 5.73 Å². The molecule has 0 bridgehead atoms. The fraction of sp³-hybridized carbons (Fsp3) is 0.136. The van der Waals surface area contributed by atoms with E-state index in [-0.39, 0.29) is 0 Å². The number of nitrogens with zero attached hydrogens (tertiary/aromatic N) is 3. The van der Waals surface area contributed by atoms with Gasteiger partial charge in [0, 0.05) is 18.1 Å². The number of aromatic nitrogens is 2. The van der Waals surface area contributed by atoms with Gasteiger partial charge in [0.1, 0.15) is 15.5 Å². The average molecular weight is 420 g/mol. The number of fused-ring (bicyclic) bond motifs is 1. The molecular weight excluding hydrogens is 400 g/mol. The van der Waals surface area contributed by atoms with Gasteiger partial charge < -0.3 is 10.5 Å². The third kappa shape index (κ3) is 3.53. The largest absolute Gasteiger partial charge is 0.422 e. The minimum atomic E-state index is -0.567. The molecule has 4 rings (SSSR count). The van der Waals surface area contributed by atoms with E-state index in [1.807, 2.05) is 48.9 Å². The van der Waals surface area contributed by atoms with Gasteiger partial charge in [0.25, 0.3) is 0 Å². The van der Waals surface area contributed by atoms with Gasteiger partial charge in [0.05, 0.1) is 11.4 Å². The summed E-state index contributed by atoms with van der Waals surface area (Å²) >= 11 is 1.34. The highest BCUT2D eigenvalue weighted by Crippen LogP contribution is 2.32. The summed E-state index contributed by atoms with van der Waals surface area (Å²) in [6.45, 7) is 3.95. The number of hydrogen-bond donors (Lipinski definition) is 1. The molecule has 7 nitrogen and oxygen atoms in total. The Bertz CT molecular complexity index is 1260. The van der Waals surface area contributed by atoms with Gasteiger partial charge in [-0.05, 0) is 55.8 Å². The fourth-order valence-electron chi connectivity index (χ4n) is 3.13. The molecule has 2 heterocycles. The maximum Gasteiger partial charge on any atom is 0.353 e. The van der Waals surface area contributed by atoms with E-state index in [0.717, 1.165) is 27.2 Å². The lowest BCUT2D eigenvalue weighted by atomic mass is 10.2. The van der Waals surface area contributed by atoms with Crippen molar-refractivity contribution in [3.05, 3.63) is 70.7 Å². The van der Waals surface area contributed by atoms with E-state index in [0.29, 0.717) is 16.3 Å². The van der Waals surface area contributed by atoms with E-state index >= 15 is 0 Å². The van der Waals surface area contributed by atoms with Crippen LogP contribution in [0.2, 0.25) is 0 Å². The highest BCUT2D eigenvalue weighted by atomic mass is 32.1. The lowest BCUT2D eigenvalue weighted by Gasteiger charge is -2.14. The average Bonchev–Trinajstić information content (AvgIpc) is 3.29. The van der Waals surface area contributed by atoms with Crippen molar-refractivity contribution in [3.63, 3.8) is 0 Å². The van der Waals surface area contributed by atoms with Crippen molar-refractivity contribution in [1.82, 2.24) is 9.78 Å². The summed E-state index contributed by atoms with van der Waals surface area (Å²) in [5, 5.41) is 5.56. The van der Waals surface area contributed by atoms with Gasteiger partial charge in [-0.25, -0.2) is 14.3 Å². The Morgan fingerprint density at radius 3 is 2.47 bits per heavy atom. The van der Waals surface area contributed by atoms with Crippen molar-refractivity contribution < 1.29 is 14.3 Å². The highest BCUT2D eigenvalue weighted by molar-refractivity contribution is 7.20. The molecule has 2 aromatic heterocycles. The second-order valence-electron chi connectivity index (χ2n) is 6.89. The van der Waals surface area contributed by atoms with E-state index in [9.17, 15) is 9.59 Å². The molecule has 2 aromatic carbocycles. The van der Waals surface area contributed by atoms with Crippen LogP contribution in [0.4, 0.5) is 10.5 Å². The first-order valence-corrected chi connectivity index (χ1v) is 10.1. The summed E-state index contributed by atoms with van der Waals surface area (Å²) in [6.07, 6.45) is 0. The molecule has 0 radical (unpaired) electrons. The van der Waals surface area contributed by atoms with Crippen molar-refractivity contribution in [2.75, 3.05) is 11.9 Å². The van der Waals surface area contributed by atoms with Crippen LogP contribution in [0.15, 0.2) is 54.6 Å². The Balaban J connectivity index is 1.61. The topological polar surface area (TPSA) is 90.5 Å².